The third-order valence-corrected chi connectivity index (χ3v) is 10.1. The first-order valence-electron chi connectivity index (χ1n) is 17.2. The summed E-state index contributed by atoms with van der Waals surface area (Å²) >= 11 is 8.60. The second-order valence-electron chi connectivity index (χ2n) is 11.8. The first-order valence-corrected chi connectivity index (χ1v) is 18.6. The Bertz CT molecular complexity index is 1100. The molecule has 0 unspecified atom stereocenters. The molecule has 2 aromatic carbocycles. The van der Waals surface area contributed by atoms with Crippen LogP contribution in [-0.4, -0.2) is 63.2 Å². The maximum Gasteiger partial charge on any atom is 0.130 e. The van der Waals surface area contributed by atoms with Crippen LogP contribution in [0.4, 0.5) is 4.39 Å². The predicted molar refractivity (Wildman–Crippen MR) is 186 cm³/mol. The minimum Gasteiger partial charge on any atom is -0.494 e. The molecule has 8 heteroatoms. The fraction of sp³-hybridized carbons (Fsp3) is 0.676. The fourth-order valence-electron chi connectivity index (χ4n) is 5.47. The Kier molecular flexibility index (Phi) is 18.2. The molecule has 3 rings (SSSR count). The lowest BCUT2D eigenvalue weighted by atomic mass is 9.94. The van der Waals surface area contributed by atoms with Crippen LogP contribution in [0, 0.1) is 5.82 Å². The summed E-state index contributed by atoms with van der Waals surface area (Å²) in [5, 5.41) is 0.664. The van der Waals surface area contributed by atoms with Crippen molar-refractivity contribution in [1.82, 2.24) is 0 Å². The molecule has 1 heterocycles. The largest absolute Gasteiger partial charge is 0.494 e. The van der Waals surface area contributed by atoms with Crippen molar-refractivity contribution >= 4 is 23.4 Å². The van der Waals surface area contributed by atoms with Crippen LogP contribution in [0.3, 0.4) is 0 Å². The quantitative estimate of drug-likeness (QED) is 0.117. The lowest BCUT2D eigenvalue weighted by molar-refractivity contribution is -0.149. The minimum atomic E-state index is -0.295. The molecule has 2 aromatic rings. The summed E-state index contributed by atoms with van der Waals surface area (Å²) in [5.41, 5.74) is 2.56. The Morgan fingerprint density at radius 3 is 1.96 bits per heavy atom. The van der Waals surface area contributed by atoms with E-state index in [4.69, 9.17) is 35.3 Å². The van der Waals surface area contributed by atoms with Gasteiger partial charge in [0.15, 0.2) is 0 Å². The summed E-state index contributed by atoms with van der Waals surface area (Å²) in [4.78, 5) is 0. The van der Waals surface area contributed by atoms with Crippen molar-refractivity contribution in [2.24, 2.45) is 0 Å². The summed E-state index contributed by atoms with van der Waals surface area (Å²) in [6.07, 6.45) is 8.04. The zero-order valence-electron chi connectivity index (χ0n) is 28.2. The van der Waals surface area contributed by atoms with Gasteiger partial charge in [-0.1, -0.05) is 83.2 Å². The second-order valence-corrected chi connectivity index (χ2v) is 13.6. The smallest absolute Gasteiger partial charge is 0.130 e. The normalized spacial score (nSPS) is 21.7. The summed E-state index contributed by atoms with van der Waals surface area (Å²) in [5.74, 6) is 0.234. The monoisotopic (exact) mass is 666 g/mol. The number of benzene rings is 2. The Morgan fingerprint density at radius 1 is 0.711 bits per heavy atom. The Balaban J connectivity index is 1.99. The van der Waals surface area contributed by atoms with Crippen molar-refractivity contribution in [3.05, 3.63) is 63.9 Å². The molecule has 0 N–H and O–H groups in total. The van der Waals surface area contributed by atoms with Gasteiger partial charge >= 0.3 is 0 Å². The molecular weight excluding hydrogens is 611 g/mol. The molecule has 0 spiro atoms. The van der Waals surface area contributed by atoms with Crippen LogP contribution in [0.15, 0.2) is 36.4 Å². The van der Waals surface area contributed by atoms with E-state index < -0.39 is 0 Å². The van der Waals surface area contributed by atoms with Crippen LogP contribution in [0.2, 0.25) is 5.02 Å². The van der Waals surface area contributed by atoms with Crippen molar-refractivity contribution in [3.8, 4) is 5.75 Å². The van der Waals surface area contributed by atoms with Gasteiger partial charge in [0.25, 0.3) is 0 Å². The highest BCUT2D eigenvalue weighted by atomic mass is 35.5. The highest BCUT2D eigenvalue weighted by Gasteiger charge is 2.48. The third-order valence-electron chi connectivity index (χ3n) is 8.10. The summed E-state index contributed by atoms with van der Waals surface area (Å²) in [7, 11) is 0. The Labute approximate surface area is 281 Å². The highest BCUT2D eigenvalue weighted by Crippen LogP contribution is 2.47. The number of thioether (sulfide) groups is 1. The van der Waals surface area contributed by atoms with Gasteiger partial charge < -0.3 is 23.7 Å². The standard InChI is InChI=1S/C37H56ClFO5S/c1-6-11-19-40-26-33-34(42-20-12-7-2)35(43-21-13-8-3)36(44-22-14-9-4)37(45-33)28-16-18-31(38)29(24-28)23-27-15-17-30(41-10-5)25-32(27)39/h15-18,24-25,33-37H,6-14,19-23,26H2,1-5H3/t33-,34-,35+,36-,37+/m1/s1. The van der Waals surface area contributed by atoms with Crippen LogP contribution in [0.1, 0.15) is 108 Å². The molecule has 254 valence electrons. The average molecular weight is 667 g/mol. The lowest BCUT2D eigenvalue weighted by Gasteiger charge is -2.46. The first-order chi connectivity index (χ1) is 22.0. The van der Waals surface area contributed by atoms with Gasteiger partial charge in [-0.15, -0.1) is 11.8 Å². The maximum atomic E-state index is 15.1. The summed E-state index contributed by atoms with van der Waals surface area (Å²) in [6.45, 7) is 14.4. The van der Waals surface area contributed by atoms with E-state index in [9.17, 15) is 0 Å². The van der Waals surface area contributed by atoms with Crippen LogP contribution >= 0.6 is 23.4 Å². The van der Waals surface area contributed by atoms with E-state index in [0.717, 1.165) is 69.1 Å². The number of unbranched alkanes of at least 4 members (excludes halogenated alkanes) is 4. The second kappa shape index (κ2) is 21.5. The third kappa shape index (κ3) is 12.0. The molecule has 1 aliphatic rings. The van der Waals surface area contributed by atoms with E-state index in [1.54, 1.807) is 6.07 Å². The van der Waals surface area contributed by atoms with Crippen molar-refractivity contribution in [2.45, 2.75) is 121 Å². The van der Waals surface area contributed by atoms with Gasteiger partial charge in [-0.2, -0.15) is 0 Å². The van der Waals surface area contributed by atoms with E-state index in [2.05, 4.69) is 39.8 Å². The first kappa shape index (κ1) is 38.1. The molecule has 5 atom stereocenters. The number of hydrogen-bond acceptors (Lipinski definition) is 6. The molecular formula is C37H56ClFO5S. The lowest BCUT2D eigenvalue weighted by Crippen LogP contribution is -2.55. The van der Waals surface area contributed by atoms with Crippen molar-refractivity contribution < 1.29 is 28.1 Å². The number of rotatable bonds is 22. The van der Waals surface area contributed by atoms with E-state index in [1.165, 1.54) is 6.07 Å². The van der Waals surface area contributed by atoms with Crippen LogP contribution in [0.5, 0.6) is 5.75 Å². The van der Waals surface area contributed by atoms with Crippen molar-refractivity contribution in [2.75, 3.05) is 39.6 Å². The van der Waals surface area contributed by atoms with Gasteiger partial charge in [-0.25, -0.2) is 4.39 Å². The zero-order chi connectivity index (χ0) is 32.4. The molecule has 0 aliphatic carbocycles. The van der Waals surface area contributed by atoms with E-state index in [-0.39, 0.29) is 34.6 Å². The van der Waals surface area contributed by atoms with E-state index in [1.807, 2.05) is 30.8 Å². The predicted octanol–water partition coefficient (Wildman–Crippen LogP) is 10.00. The fourth-order valence-corrected chi connectivity index (χ4v) is 7.28. The topological polar surface area (TPSA) is 46.2 Å². The molecule has 45 heavy (non-hydrogen) atoms. The van der Waals surface area contributed by atoms with E-state index >= 15 is 4.39 Å². The molecule has 0 aromatic heterocycles. The average Bonchev–Trinajstić information content (AvgIpc) is 3.03. The van der Waals surface area contributed by atoms with E-state index in [0.29, 0.717) is 55.8 Å². The Morgan fingerprint density at radius 2 is 1.33 bits per heavy atom. The molecule has 1 aliphatic heterocycles. The molecule has 1 fully saturated rings. The van der Waals surface area contributed by atoms with Gasteiger partial charge in [-0.3, -0.25) is 0 Å². The molecule has 1 saturated heterocycles. The number of halogens is 2. The molecule has 0 saturated carbocycles. The van der Waals surface area contributed by atoms with Gasteiger partial charge in [0.1, 0.15) is 29.9 Å². The van der Waals surface area contributed by atoms with Crippen LogP contribution < -0.4 is 4.74 Å². The summed E-state index contributed by atoms with van der Waals surface area (Å²) in [6, 6.07) is 11.2. The van der Waals surface area contributed by atoms with Crippen molar-refractivity contribution in [3.63, 3.8) is 0 Å². The van der Waals surface area contributed by atoms with Crippen molar-refractivity contribution in [1.29, 1.82) is 0 Å². The van der Waals surface area contributed by atoms with Gasteiger partial charge in [0.05, 0.1) is 23.7 Å². The molecule has 0 radical (unpaired) electrons. The van der Waals surface area contributed by atoms with Crippen LogP contribution in [0.25, 0.3) is 0 Å². The number of hydrogen-bond donors (Lipinski definition) is 0. The molecule has 0 amide bonds. The Hall–Kier alpha value is -1.35. The SMILES string of the molecule is CCCCOC[C@H]1S[C@@H](c2ccc(Cl)c(Cc3ccc(OCC)cc3F)c2)[C@H](OCCCC)[C@@H](OCCCC)[C@@H]1OCCCC. The molecule has 5 nitrogen and oxygen atoms in total. The van der Waals surface area contributed by atoms with Gasteiger partial charge in [0, 0.05) is 43.9 Å². The van der Waals surface area contributed by atoms with Gasteiger partial charge in [0.2, 0.25) is 0 Å². The highest BCUT2D eigenvalue weighted by molar-refractivity contribution is 8.00. The maximum absolute atomic E-state index is 15.1. The summed E-state index contributed by atoms with van der Waals surface area (Å²) < 4.78 is 46.9. The minimum absolute atomic E-state index is 0.0273. The molecule has 0 bridgehead atoms. The van der Waals surface area contributed by atoms with Gasteiger partial charge in [-0.05, 0) is 61.4 Å². The zero-order valence-corrected chi connectivity index (χ0v) is 29.7. The van der Waals surface area contributed by atoms with Crippen LogP contribution in [-0.2, 0) is 25.4 Å². The number of ether oxygens (including phenoxy) is 5.